The number of guanidine groups is 1. The summed E-state index contributed by atoms with van der Waals surface area (Å²) in [7, 11) is 1.64. The monoisotopic (exact) mass is 365 g/mol. The first-order valence-corrected chi connectivity index (χ1v) is 8.05. The molecule has 0 unspecified atom stereocenters. The molecule has 1 aromatic carbocycles. The minimum atomic E-state index is -1.14. The second-order valence-electron chi connectivity index (χ2n) is 5.83. The molecule has 0 radical (unpaired) electrons. The topological polar surface area (TPSA) is 77.2 Å². The smallest absolute Gasteiger partial charge is 0.264 e. The molecule has 6 nitrogen and oxygen atoms in total. The average molecular weight is 366 g/mol. The second kappa shape index (κ2) is 4.70. The number of amides is 1. The van der Waals surface area contributed by atoms with Crippen LogP contribution in [0.4, 0.5) is 0 Å². The zero-order valence-electron chi connectivity index (χ0n) is 12.1. The number of benzene rings is 1. The van der Waals surface area contributed by atoms with E-state index in [0.29, 0.717) is 17.9 Å². The van der Waals surface area contributed by atoms with Crippen molar-refractivity contribution in [3.05, 3.63) is 28.2 Å². The molecule has 3 aliphatic heterocycles. The van der Waals surface area contributed by atoms with Crippen LogP contribution in [0, 0.1) is 0 Å². The number of hydrogen-bond acceptors (Lipinski definition) is 5. The summed E-state index contributed by atoms with van der Waals surface area (Å²) >= 11 is 3.46. The van der Waals surface area contributed by atoms with Gasteiger partial charge in [0.05, 0.1) is 0 Å². The van der Waals surface area contributed by atoms with E-state index in [2.05, 4.69) is 20.9 Å². The number of halogens is 1. The molecule has 1 saturated heterocycles. The van der Waals surface area contributed by atoms with Crippen LogP contribution in [0.5, 0.6) is 5.75 Å². The lowest BCUT2D eigenvalue weighted by Gasteiger charge is -2.45. The van der Waals surface area contributed by atoms with Gasteiger partial charge in [-0.05, 0) is 31.0 Å². The SMILES string of the molecule is CN1C(=O)[C@@]2(N=C1N)c1cc(Br)ccc1O[C@H]1CCCO[C@@H]12. The van der Waals surface area contributed by atoms with Crippen LogP contribution < -0.4 is 10.5 Å². The van der Waals surface area contributed by atoms with Gasteiger partial charge in [-0.2, -0.15) is 0 Å². The Morgan fingerprint density at radius 1 is 1.50 bits per heavy atom. The maximum absolute atomic E-state index is 13.0. The first-order valence-electron chi connectivity index (χ1n) is 7.26. The van der Waals surface area contributed by atoms with Crippen molar-refractivity contribution in [2.75, 3.05) is 13.7 Å². The Morgan fingerprint density at radius 2 is 2.32 bits per heavy atom. The highest BCUT2D eigenvalue weighted by atomic mass is 79.9. The molecule has 1 aromatic rings. The third-order valence-corrected chi connectivity index (χ3v) is 5.07. The predicted molar refractivity (Wildman–Crippen MR) is 83.6 cm³/mol. The van der Waals surface area contributed by atoms with Crippen molar-refractivity contribution in [1.82, 2.24) is 4.90 Å². The van der Waals surface area contributed by atoms with Crippen LogP contribution in [0.3, 0.4) is 0 Å². The van der Waals surface area contributed by atoms with Crippen LogP contribution in [-0.2, 0) is 15.1 Å². The second-order valence-corrected chi connectivity index (χ2v) is 6.75. The Morgan fingerprint density at radius 3 is 3.05 bits per heavy atom. The summed E-state index contributed by atoms with van der Waals surface area (Å²) in [5.41, 5.74) is 5.51. The van der Waals surface area contributed by atoms with Crippen LogP contribution in [0.1, 0.15) is 18.4 Å². The van der Waals surface area contributed by atoms with Crippen LogP contribution in [-0.4, -0.2) is 42.6 Å². The number of fused-ring (bicyclic) bond motifs is 4. The van der Waals surface area contributed by atoms with Gasteiger partial charge >= 0.3 is 0 Å². The van der Waals surface area contributed by atoms with E-state index in [9.17, 15) is 4.79 Å². The van der Waals surface area contributed by atoms with E-state index in [1.807, 2.05) is 18.2 Å². The molecule has 3 aliphatic rings. The van der Waals surface area contributed by atoms with E-state index >= 15 is 0 Å². The van der Waals surface area contributed by atoms with Gasteiger partial charge in [-0.25, -0.2) is 4.99 Å². The first kappa shape index (κ1) is 14.0. The maximum atomic E-state index is 13.0. The molecule has 0 aliphatic carbocycles. The Labute approximate surface area is 136 Å². The summed E-state index contributed by atoms with van der Waals surface area (Å²) in [5.74, 6) is 0.727. The van der Waals surface area contributed by atoms with Crippen LogP contribution in [0.2, 0.25) is 0 Å². The zero-order chi connectivity index (χ0) is 15.5. The molecular formula is C15H16BrN3O3. The van der Waals surface area contributed by atoms with Gasteiger partial charge in [-0.3, -0.25) is 9.69 Å². The molecule has 116 valence electrons. The van der Waals surface area contributed by atoms with Crippen molar-refractivity contribution in [2.45, 2.75) is 30.6 Å². The van der Waals surface area contributed by atoms with Crippen molar-refractivity contribution in [3.63, 3.8) is 0 Å². The standard InChI is InChI=1S/C15H16BrN3O3/c1-19-13(20)15(18-14(19)17)9-7-8(16)4-5-10(9)22-11-3-2-6-21-12(11)15/h4-5,7,11-12H,2-3,6H2,1H3,(H2,17,18)/t11-,12-,15+/m0/s1. The molecule has 0 saturated carbocycles. The summed E-state index contributed by atoms with van der Waals surface area (Å²) in [6, 6.07) is 5.63. The fourth-order valence-electron chi connectivity index (χ4n) is 3.51. The van der Waals surface area contributed by atoms with Crippen molar-refractivity contribution >= 4 is 27.8 Å². The van der Waals surface area contributed by atoms with Gasteiger partial charge in [-0.1, -0.05) is 15.9 Å². The Kier molecular flexibility index (Phi) is 2.99. The molecular weight excluding hydrogens is 350 g/mol. The van der Waals surface area contributed by atoms with Crippen molar-refractivity contribution in [1.29, 1.82) is 0 Å². The summed E-state index contributed by atoms with van der Waals surface area (Å²) in [6.45, 7) is 0.599. The van der Waals surface area contributed by atoms with Crippen LogP contribution in [0.25, 0.3) is 0 Å². The summed E-state index contributed by atoms with van der Waals surface area (Å²) in [6.07, 6.45) is 1.12. The number of rotatable bonds is 0. The normalized spacial score (nSPS) is 33.3. The lowest BCUT2D eigenvalue weighted by atomic mass is 9.77. The molecule has 7 heteroatoms. The first-order chi connectivity index (χ1) is 10.5. The third kappa shape index (κ3) is 1.69. The minimum absolute atomic E-state index is 0.162. The highest BCUT2D eigenvalue weighted by molar-refractivity contribution is 9.10. The number of aliphatic imine (C=N–C) groups is 1. The van der Waals surface area contributed by atoms with Gasteiger partial charge in [-0.15, -0.1) is 0 Å². The zero-order valence-corrected chi connectivity index (χ0v) is 13.7. The fraction of sp³-hybridized carbons (Fsp3) is 0.467. The quantitative estimate of drug-likeness (QED) is 0.753. The number of carbonyl (C=O) groups is 1. The Bertz CT molecular complexity index is 693. The van der Waals surface area contributed by atoms with Crippen LogP contribution >= 0.6 is 15.9 Å². The largest absolute Gasteiger partial charge is 0.487 e. The number of ether oxygens (including phenoxy) is 2. The Balaban J connectivity index is 1.97. The molecule has 1 amide bonds. The van der Waals surface area contributed by atoms with Gasteiger partial charge in [0, 0.05) is 23.7 Å². The highest BCUT2D eigenvalue weighted by Gasteiger charge is 2.61. The fourth-order valence-corrected chi connectivity index (χ4v) is 3.87. The molecule has 1 spiro atoms. The molecule has 0 bridgehead atoms. The number of nitrogens with two attached hydrogens (primary N) is 1. The number of likely N-dealkylation sites (N-methyl/N-ethyl adjacent to an activating group) is 1. The number of hydrogen-bond donors (Lipinski definition) is 1. The van der Waals surface area contributed by atoms with Crippen molar-refractivity contribution in [2.24, 2.45) is 10.7 Å². The van der Waals surface area contributed by atoms with Gasteiger partial charge in [0.1, 0.15) is 18.0 Å². The Hall–Kier alpha value is -1.60. The predicted octanol–water partition coefficient (Wildman–Crippen LogP) is 1.37. The molecule has 0 aromatic heterocycles. The molecule has 1 fully saturated rings. The molecule has 4 rings (SSSR count). The van der Waals surface area contributed by atoms with E-state index in [1.165, 1.54) is 4.90 Å². The lowest BCUT2D eigenvalue weighted by molar-refractivity contribution is -0.151. The van der Waals surface area contributed by atoms with E-state index in [-0.39, 0.29) is 18.0 Å². The van der Waals surface area contributed by atoms with Gasteiger partial charge < -0.3 is 15.2 Å². The molecule has 22 heavy (non-hydrogen) atoms. The van der Waals surface area contributed by atoms with Crippen molar-refractivity contribution < 1.29 is 14.3 Å². The minimum Gasteiger partial charge on any atom is -0.487 e. The highest BCUT2D eigenvalue weighted by Crippen LogP contribution is 2.49. The van der Waals surface area contributed by atoms with E-state index < -0.39 is 11.6 Å². The van der Waals surface area contributed by atoms with E-state index in [1.54, 1.807) is 7.05 Å². The van der Waals surface area contributed by atoms with E-state index in [0.717, 1.165) is 17.3 Å². The summed E-state index contributed by atoms with van der Waals surface area (Å²) < 4.78 is 12.9. The van der Waals surface area contributed by atoms with Crippen molar-refractivity contribution in [3.8, 4) is 5.75 Å². The molecule has 3 heterocycles. The lowest BCUT2D eigenvalue weighted by Crippen LogP contribution is -2.58. The summed E-state index contributed by atoms with van der Waals surface area (Å²) in [4.78, 5) is 18.9. The number of carbonyl (C=O) groups excluding carboxylic acids is 1. The molecule has 2 N–H and O–H groups in total. The van der Waals surface area contributed by atoms with E-state index in [4.69, 9.17) is 15.2 Å². The average Bonchev–Trinajstić information content (AvgIpc) is 2.74. The van der Waals surface area contributed by atoms with Gasteiger partial charge in [0.25, 0.3) is 5.91 Å². The maximum Gasteiger partial charge on any atom is 0.264 e. The third-order valence-electron chi connectivity index (χ3n) is 4.58. The van der Waals surface area contributed by atoms with Gasteiger partial charge in [0.15, 0.2) is 5.96 Å². The number of nitrogens with zero attached hydrogens (tertiary/aromatic N) is 2. The molecule has 3 atom stereocenters. The van der Waals surface area contributed by atoms with Crippen LogP contribution in [0.15, 0.2) is 27.7 Å². The van der Waals surface area contributed by atoms with Gasteiger partial charge in [0.2, 0.25) is 5.54 Å². The summed E-state index contributed by atoms with van der Waals surface area (Å²) in [5, 5.41) is 0.